The molecule has 0 bridgehead atoms. The predicted molar refractivity (Wildman–Crippen MR) is 106 cm³/mol. The lowest BCUT2D eigenvalue weighted by molar-refractivity contribution is -0.136. The molecule has 4 rings (SSSR count). The van der Waals surface area contributed by atoms with Crippen molar-refractivity contribution in [3.63, 3.8) is 0 Å². The van der Waals surface area contributed by atoms with Crippen molar-refractivity contribution in [2.24, 2.45) is 11.8 Å². The van der Waals surface area contributed by atoms with E-state index in [1.807, 2.05) is 24.1 Å². The number of aryl methyl sites for hydroxylation is 1. The van der Waals surface area contributed by atoms with Crippen molar-refractivity contribution in [3.05, 3.63) is 59.2 Å². The van der Waals surface area contributed by atoms with Gasteiger partial charge in [-0.3, -0.25) is 9.78 Å². The van der Waals surface area contributed by atoms with Gasteiger partial charge in [0.15, 0.2) is 0 Å². The molecular weight excluding hydrogens is 357 g/mol. The van der Waals surface area contributed by atoms with Gasteiger partial charge in [0.2, 0.25) is 5.91 Å². The molecule has 0 N–H and O–H groups in total. The van der Waals surface area contributed by atoms with Crippen LogP contribution in [-0.4, -0.2) is 49.1 Å². The zero-order valence-electron chi connectivity index (χ0n) is 16.6. The van der Waals surface area contributed by atoms with Crippen LogP contribution in [-0.2, 0) is 9.53 Å². The minimum absolute atomic E-state index is 0.0337. The number of benzene rings is 1. The average molecular weight is 383 g/mol. The molecule has 0 radical (unpaired) electrons. The smallest absolute Gasteiger partial charge is 0.249 e. The molecule has 5 nitrogen and oxygen atoms in total. The van der Waals surface area contributed by atoms with Gasteiger partial charge in [-0.1, -0.05) is 12.1 Å². The van der Waals surface area contributed by atoms with Crippen molar-refractivity contribution in [1.29, 1.82) is 0 Å². The third-order valence-electron chi connectivity index (χ3n) is 6.21. The molecule has 0 aliphatic carbocycles. The van der Waals surface area contributed by atoms with Gasteiger partial charge in [-0.05, 0) is 43.2 Å². The summed E-state index contributed by atoms with van der Waals surface area (Å²) in [6, 6.07) is 8.59. The Labute approximate surface area is 165 Å². The monoisotopic (exact) mass is 383 g/mol. The summed E-state index contributed by atoms with van der Waals surface area (Å²) < 4.78 is 19.0. The molecule has 28 heavy (non-hydrogen) atoms. The lowest BCUT2D eigenvalue weighted by Crippen LogP contribution is -2.37. The Bertz CT molecular complexity index is 888. The van der Waals surface area contributed by atoms with Gasteiger partial charge in [-0.25, -0.2) is 4.39 Å². The Balaban J connectivity index is 1.65. The number of nitrogens with zero attached hydrogens (tertiary/aromatic N) is 3. The van der Waals surface area contributed by atoms with Crippen LogP contribution < -0.4 is 4.90 Å². The van der Waals surface area contributed by atoms with Crippen molar-refractivity contribution >= 4 is 11.6 Å². The highest BCUT2D eigenvalue weighted by Gasteiger charge is 2.49. The summed E-state index contributed by atoms with van der Waals surface area (Å²) in [7, 11) is 1.53. The zero-order chi connectivity index (χ0) is 19.8. The van der Waals surface area contributed by atoms with E-state index in [9.17, 15) is 9.18 Å². The summed E-state index contributed by atoms with van der Waals surface area (Å²) >= 11 is 0. The minimum atomic E-state index is -0.268. The van der Waals surface area contributed by atoms with E-state index in [1.54, 1.807) is 12.1 Å². The van der Waals surface area contributed by atoms with Crippen LogP contribution in [0.25, 0.3) is 0 Å². The van der Waals surface area contributed by atoms with Gasteiger partial charge in [0, 0.05) is 56.2 Å². The van der Waals surface area contributed by atoms with E-state index in [-0.39, 0.29) is 30.3 Å². The molecule has 1 amide bonds. The van der Waals surface area contributed by atoms with Gasteiger partial charge in [0.25, 0.3) is 0 Å². The lowest BCUT2D eigenvalue weighted by Gasteiger charge is -2.31. The molecule has 2 aliphatic rings. The van der Waals surface area contributed by atoms with Gasteiger partial charge < -0.3 is 14.5 Å². The van der Waals surface area contributed by atoms with Gasteiger partial charge in [-0.2, -0.15) is 0 Å². The number of pyridine rings is 1. The van der Waals surface area contributed by atoms with Crippen molar-refractivity contribution in [2.45, 2.75) is 19.9 Å². The molecule has 2 fully saturated rings. The molecule has 1 aromatic carbocycles. The van der Waals surface area contributed by atoms with Crippen molar-refractivity contribution in [2.75, 3.05) is 38.3 Å². The third kappa shape index (κ3) is 3.26. The number of anilines is 1. The van der Waals surface area contributed by atoms with Crippen LogP contribution in [0, 0.1) is 31.5 Å². The van der Waals surface area contributed by atoms with Crippen molar-refractivity contribution in [1.82, 2.24) is 9.88 Å². The first-order valence-corrected chi connectivity index (χ1v) is 9.70. The molecule has 0 spiro atoms. The molecule has 148 valence electrons. The molecule has 3 atom stereocenters. The van der Waals surface area contributed by atoms with E-state index >= 15 is 0 Å². The number of carbonyl (C=O) groups excluding carboxylic acids is 1. The summed E-state index contributed by atoms with van der Waals surface area (Å²) in [4.78, 5) is 21.3. The summed E-state index contributed by atoms with van der Waals surface area (Å²) in [5, 5.41) is 0. The molecule has 0 unspecified atom stereocenters. The number of methoxy groups -OCH3 is 1. The Kier molecular flexibility index (Phi) is 5.06. The normalized spacial score (nSPS) is 23.9. The number of aromatic nitrogens is 1. The Hall–Kier alpha value is -2.47. The minimum Gasteiger partial charge on any atom is -0.375 e. The molecule has 6 heteroatoms. The van der Waals surface area contributed by atoms with Gasteiger partial charge in [0.1, 0.15) is 12.4 Å². The topological polar surface area (TPSA) is 45.7 Å². The van der Waals surface area contributed by atoms with Crippen LogP contribution in [0.1, 0.15) is 22.9 Å². The Morgan fingerprint density at radius 3 is 2.82 bits per heavy atom. The average Bonchev–Trinajstić information content (AvgIpc) is 3.22. The molecule has 2 saturated heterocycles. The van der Waals surface area contributed by atoms with Crippen molar-refractivity contribution in [3.8, 4) is 0 Å². The number of halogens is 1. The van der Waals surface area contributed by atoms with E-state index in [0.29, 0.717) is 12.5 Å². The maximum absolute atomic E-state index is 13.9. The quantitative estimate of drug-likeness (QED) is 0.814. The van der Waals surface area contributed by atoms with Crippen LogP contribution in [0.15, 0.2) is 36.5 Å². The maximum Gasteiger partial charge on any atom is 0.249 e. The molecule has 2 aromatic rings. The largest absolute Gasteiger partial charge is 0.375 e. The lowest BCUT2D eigenvalue weighted by atomic mass is 9.89. The SMILES string of the molecule is COCC(=O)N1C[C@H]2CN(c3ccnc(C)c3C)C[C@H]2[C@@H]1c1cccc(F)c1. The van der Waals surface area contributed by atoms with Crippen LogP contribution in [0.2, 0.25) is 0 Å². The third-order valence-corrected chi connectivity index (χ3v) is 6.21. The fourth-order valence-electron chi connectivity index (χ4n) is 4.79. The second kappa shape index (κ2) is 7.51. The maximum atomic E-state index is 13.9. The number of fused-ring (bicyclic) bond motifs is 1. The highest BCUT2D eigenvalue weighted by Crippen LogP contribution is 2.46. The summed E-state index contributed by atoms with van der Waals surface area (Å²) in [5.41, 5.74) is 4.29. The predicted octanol–water partition coefficient (Wildman–Crippen LogP) is 3.12. The Morgan fingerprint density at radius 2 is 2.07 bits per heavy atom. The second-order valence-electron chi connectivity index (χ2n) is 7.85. The van der Waals surface area contributed by atoms with Crippen molar-refractivity contribution < 1.29 is 13.9 Å². The van der Waals surface area contributed by atoms with Gasteiger partial charge in [0.05, 0.1) is 6.04 Å². The molecule has 0 saturated carbocycles. The first-order valence-electron chi connectivity index (χ1n) is 9.70. The molecule has 1 aromatic heterocycles. The van der Waals surface area contributed by atoms with Crippen LogP contribution >= 0.6 is 0 Å². The van der Waals surface area contributed by atoms with Gasteiger partial charge >= 0.3 is 0 Å². The van der Waals surface area contributed by atoms with Crippen LogP contribution in [0.5, 0.6) is 0 Å². The highest BCUT2D eigenvalue weighted by molar-refractivity contribution is 5.78. The number of amides is 1. The first kappa shape index (κ1) is 18.9. The van der Waals surface area contributed by atoms with E-state index in [4.69, 9.17) is 4.74 Å². The first-order chi connectivity index (χ1) is 13.5. The summed E-state index contributed by atoms with van der Waals surface area (Å²) in [6.45, 7) is 6.58. The Morgan fingerprint density at radius 1 is 1.25 bits per heavy atom. The molecule has 2 aliphatic heterocycles. The standard InChI is InChI=1S/C22H26FN3O2/c1-14-15(2)24-8-7-20(14)25-10-17-11-26(21(27)13-28-3)22(19(17)12-25)16-5-4-6-18(23)9-16/h4-9,17,19,22H,10-13H2,1-3H3/t17-,19-,22+/m1/s1. The molecule has 3 heterocycles. The van der Waals surface area contributed by atoms with E-state index in [1.165, 1.54) is 24.4 Å². The number of ether oxygens (including phenoxy) is 1. The van der Waals surface area contributed by atoms with Crippen LogP contribution in [0.4, 0.5) is 10.1 Å². The zero-order valence-corrected chi connectivity index (χ0v) is 16.6. The number of hydrogen-bond donors (Lipinski definition) is 0. The number of rotatable bonds is 4. The number of hydrogen-bond acceptors (Lipinski definition) is 4. The highest BCUT2D eigenvalue weighted by atomic mass is 19.1. The number of likely N-dealkylation sites (tertiary alicyclic amines) is 1. The second-order valence-corrected chi connectivity index (χ2v) is 7.85. The van der Waals surface area contributed by atoms with E-state index < -0.39 is 0 Å². The summed E-state index contributed by atoms with van der Waals surface area (Å²) in [6.07, 6.45) is 1.85. The fraction of sp³-hybridized carbons (Fsp3) is 0.455. The van der Waals surface area contributed by atoms with E-state index in [2.05, 4.69) is 22.9 Å². The van der Waals surface area contributed by atoms with E-state index in [0.717, 1.165) is 24.3 Å². The fourth-order valence-corrected chi connectivity index (χ4v) is 4.79. The molecular formula is C22H26FN3O2. The van der Waals surface area contributed by atoms with Crippen LogP contribution in [0.3, 0.4) is 0 Å². The number of carbonyl (C=O) groups is 1. The van der Waals surface area contributed by atoms with Gasteiger partial charge in [-0.15, -0.1) is 0 Å². The summed E-state index contributed by atoms with van der Waals surface area (Å²) in [5.74, 6) is 0.307.